The number of rotatable bonds is 6. The van der Waals surface area contributed by atoms with Crippen LogP contribution >= 0.6 is 11.3 Å². The van der Waals surface area contributed by atoms with E-state index in [0.717, 1.165) is 15.6 Å². The maximum Gasteiger partial charge on any atom is 0.243 e. The summed E-state index contributed by atoms with van der Waals surface area (Å²) in [6.07, 6.45) is 0.423. The molecular formula is C22H21N3O4S2. The second-order valence-corrected chi connectivity index (χ2v) is 10.5. The maximum absolute atomic E-state index is 13.3. The normalized spacial score (nSPS) is 16.8. The van der Waals surface area contributed by atoms with Crippen LogP contribution in [0.15, 0.2) is 53.4 Å². The van der Waals surface area contributed by atoms with Gasteiger partial charge < -0.3 is 9.64 Å². The van der Waals surface area contributed by atoms with Gasteiger partial charge in [0.25, 0.3) is 0 Å². The molecule has 0 aliphatic carbocycles. The molecule has 1 aliphatic rings. The molecule has 9 heteroatoms. The van der Waals surface area contributed by atoms with Gasteiger partial charge in [-0.15, -0.1) is 11.3 Å². The molecule has 1 amide bonds. The third-order valence-electron chi connectivity index (χ3n) is 5.52. The number of carbonyl (C=O) groups excluding carboxylic acids is 1. The van der Waals surface area contributed by atoms with Crippen molar-refractivity contribution in [3.05, 3.63) is 58.3 Å². The Bertz CT molecular complexity index is 1290. The van der Waals surface area contributed by atoms with Crippen LogP contribution in [-0.2, 0) is 21.4 Å². The van der Waals surface area contributed by atoms with Crippen molar-refractivity contribution in [2.45, 2.75) is 23.9 Å². The average Bonchev–Trinajstić information content (AvgIpc) is 3.39. The number of fused-ring (bicyclic) bond motifs is 1. The van der Waals surface area contributed by atoms with E-state index in [-0.39, 0.29) is 10.8 Å². The van der Waals surface area contributed by atoms with Gasteiger partial charge in [0.2, 0.25) is 15.9 Å². The van der Waals surface area contributed by atoms with Crippen molar-refractivity contribution >= 4 is 38.0 Å². The van der Waals surface area contributed by atoms with Gasteiger partial charge in [-0.05, 0) is 53.6 Å². The molecule has 0 radical (unpaired) electrons. The third-order valence-corrected chi connectivity index (χ3v) is 8.36. The van der Waals surface area contributed by atoms with Crippen LogP contribution in [0.25, 0.3) is 10.8 Å². The fourth-order valence-corrected chi connectivity index (χ4v) is 5.95. The van der Waals surface area contributed by atoms with Crippen LogP contribution in [0.5, 0.6) is 5.75 Å². The van der Waals surface area contributed by atoms with E-state index < -0.39 is 16.1 Å². The highest BCUT2D eigenvalue weighted by Gasteiger charge is 2.39. The Morgan fingerprint density at radius 1 is 1.19 bits per heavy atom. The van der Waals surface area contributed by atoms with Crippen molar-refractivity contribution in [1.29, 1.82) is 5.26 Å². The molecule has 2 heterocycles. The van der Waals surface area contributed by atoms with Crippen molar-refractivity contribution < 1.29 is 17.9 Å². The van der Waals surface area contributed by atoms with Crippen molar-refractivity contribution in [2.75, 3.05) is 20.7 Å². The van der Waals surface area contributed by atoms with Gasteiger partial charge in [-0.1, -0.05) is 12.1 Å². The topological polar surface area (TPSA) is 90.7 Å². The monoisotopic (exact) mass is 455 g/mol. The number of methoxy groups -OCH3 is 1. The van der Waals surface area contributed by atoms with Gasteiger partial charge in [0.1, 0.15) is 22.7 Å². The largest absolute Gasteiger partial charge is 0.497 e. The highest BCUT2D eigenvalue weighted by Crippen LogP contribution is 2.29. The summed E-state index contributed by atoms with van der Waals surface area (Å²) in [6, 6.07) is 15.3. The summed E-state index contributed by atoms with van der Waals surface area (Å²) in [6.45, 7) is 0.851. The number of nitriles is 1. The van der Waals surface area contributed by atoms with Crippen molar-refractivity contribution in [3.63, 3.8) is 0 Å². The van der Waals surface area contributed by atoms with E-state index in [1.54, 1.807) is 42.3 Å². The Hall–Kier alpha value is -2.93. The van der Waals surface area contributed by atoms with E-state index in [1.807, 2.05) is 18.2 Å². The van der Waals surface area contributed by atoms with E-state index in [4.69, 9.17) is 10.00 Å². The van der Waals surface area contributed by atoms with Gasteiger partial charge in [-0.2, -0.15) is 9.57 Å². The van der Waals surface area contributed by atoms with E-state index in [2.05, 4.69) is 6.07 Å². The van der Waals surface area contributed by atoms with Crippen LogP contribution in [0.2, 0.25) is 0 Å². The van der Waals surface area contributed by atoms with Crippen molar-refractivity contribution in [2.24, 2.45) is 0 Å². The molecule has 0 spiro atoms. The number of hydrogen-bond acceptors (Lipinski definition) is 6. The van der Waals surface area contributed by atoms with Crippen LogP contribution in [-0.4, -0.2) is 50.3 Å². The molecule has 4 rings (SSSR count). The number of likely N-dealkylation sites (tertiary alicyclic amines) is 1. The van der Waals surface area contributed by atoms with Crippen LogP contribution < -0.4 is 4.74 Å². The maximum atomic E-state index is 13.3. The molecule has 7 nitrogen and oxygen atoms in total. The van der Waals surface area contributed by atoms with E-state index in [9.17, 15) is 13.2 Å². The predicted octanol–water partition coefficient (Wildman–Crippen LogP) is 3.20. The first kappa shape index (κ1) is 21.3. The lowest BCUT2D eigenvalue weighted by atomic mass is 10.1. The molecular weight excluding hydrogens is 434 g/mol. The number of benzene rings is 2. The van der Waals surface area contributed by atoms with Crippen LogP contribution in [0.3, 0.4) is 0 Å². The van der Waals surface area contributed by atoms with Crippen LogP contribution in [0.4, 0.5) is 0 Å². The lowest BCUT2D eigenvalue weighted by molar-refractivity contribution is -0.131. The molecule has 0 bridgehead atoms. The van der Waals surface area contributed by atoms with E-state index >= 15 is 0 Å². The summed E-state index contributed by atoms with van der Waals surface area (Å²) in [4.78, 5) is 16.2. The predicted molar refractivity (Wildman–Crippen MR) is 118 cm³/mol. The SMILES string of the molecule is COc1ccc2ccc(S(=O)(=O)N(C)[C@H]3CCN(Cc4ccc(C#N)s4)C3=O)cc2c1. The Balaban J connectivity index is 1.55. The first-order chi connectivity index (χ1) is 14.8. The van der Waals surface area contributed by atoms with Crippen LogP contribution in [0, 0.1) is 11.3 Å². The number of thiophene rings is 1. The molecule has 1 aromatic heterocycles. The summed E-state index contributed by atoms with van der Waals surface area (Å²) in [5, 5.41) is 10.6. The summed E-state index contributed by atoms with van der Waals surface area (Å²) >= 11 is 1.34. The number of likely N-dealkylation sites (N-methyl/N-ethyl adjacent to an activating group) is 1. The number of sulfonamides is 1. The van der Waals surface area contributed by atoms with Crippen molar-refractivity contribution in [3.8, 4) is 11.8 Å². The molecule has 31 heavy (non-hydrogen) atoms. The first-order valence-corrected chi connectivity index (χ1v) is 11.9. The lowest BCUT2D eigenvalue weighted by Crippen LogP contribution is -2.42. The number of nitrogens with zero attached hydrogens (tertiary/aromatic N) is 3. The van der Waals surface area contributed by atoms with E-state index in [0.29, 0.717) is 30.1 Å². The molecule has 1 atom stereocenters. The Morgan fingerprint density at radius 3 is 2.68 bits per heavy atom. The Labute approximate surface area is 185 Å². The molecule has 1 fully saturated rings. The van der Waals surface area contributed by atoms with Gasteiger partial charge >= 0.3 is 0 Å². The molecule has 0 saturated carbocycles. The molecule has 1 saturated heterocycles. The van der Waals surface area contributed by atoms with Gasteiger partial charge in [-0.3, -0.25) is 4.79 Å². The number of ether oxygens (including phenoxy) is 1. The van der Waals surface area contributed by atoms with Gasteiger partial charge in [0, 0.05) is 18.5 Å². The van der Waals surface area contributed by atoms with Gasteiger partial charge in [0.05, 0.1) is 18.6 Å². The zero-order chi connectivity index (χ0) is 22.2. The fraction of sp³-hybridized carbons (Fsp3) is 0.273. The first-order valence-electron chi connectivity index (χ1n) is 9.67. The van der Waals surface area contributed by atoms with Crippen LogP contribution in [0.1, 0.15) is 16.2 Å². The van der Waals surface area contributed by atoms with Gasteiger partial charge in [-0.25, -0.2) is 8.42 Å². The second-order valence-electron chi connectivity index (χ2n) is 7.34. The van der Waals surface area contributed by atoms with Gasteiger partial charge in [0.15, 0.2) is 0 Å². The summed E-state index contributed by atoms with van der Waals surface area (Å²) in [7, 11) is -0.844. The molecule has 0 unspecified atom stereocenters. The zero-order valence-electron chi connectivity index (χ0n) is 17.1. The zero-order valence-corrected chi connectivity index (χ0v) is 18.7. The lowest BCUT2D eigenvalue weighted by Gasteiger charge is -2.23. The second kappa shape index (κ2) is 8.30. The Kier molecular flexibility index (Phi) is 5.71. The molecule has 2 aromatic carbocycles. The fourth-order valence-electron chi connectivity index (χ4n) is 3.75. The number of hydrogen-bond donors (Lipinski definition) is 0. The Morgan fingerprint density at radius 2 is 1.97 bits per heavy atom. The smallest absolute Gasteiger partial charge is 0.243 e. The minimum Gasteiger partial charge on any atom is -0.497 e. The number of carbonyl (C=O) groups is 1. The summed E-state index contributed by atoms with van der Waals surface area (Å²) < 4.78 is 32.9. The average molecular weight is 456 g/mol. The molecule has 3 aromatic rings. The highest BCUT2D eigenvalue weighted by molar-refractivity contribution is 7.89. The highest BCUT2D eigenvalue weighted by atomic mass is 32.2. The van der Waals surface area contributed by atoms with E-state index in [1.165, 1.54) is 22.7 Å². The molecule has 0 N–H and O–H groups in total. The molecule has 160 valence electrons. The third kappa shape index (κ3) is 4.02. The number of amides is 1. The minimum absolute atomic E-state index is 0.138. The standard InChI is InChI=1S/C22H21N3O4S2/c1-24(21-9-10-25(22(21)26)14-19-7-6-18(13-23)30-19)31(27,28)20-8-4-15-3-5-17(29-2)11-16(15)12-20/h3-8,11-12,21H,9-10,14H2,1-2H3/t21-/m0/s1. The quantitative estimate of drug-likeness (QED) is 0.569. The van der Waals surface area contributed by atoms with Crippen molar-refractivity contribution in [1.82, 2.24) is 9.21 Å². The summed E-state index contributed by atoms with van der Waals surface area (Å²) in [5.41, 5.74) is 0. The molecule has 1 aliphatic heterocycles. The summed E-state index contributed by atoms with van der Waals surface area (Å²) in [5.74, 6) is 0.422. The minimum atomic E-state index is -3.86.